The van der Waals surface area contributed by atoms with Crippen LogP contribution >= 0.6 is 0 Å². The number of furan rings is 1. The zero-order valence-electron chi connectivity index (χ0n) is 15.8. The molecule has 6 nitrogen and oxygen atoms in total. The van der Waals surface area contributed by atoms with E-state index in [9.17, 15) is 0 Å². The summed E-state index contributed by atoms with van der Waals surface area (Å²) in [5, 5.41) is 8.10. The molecule has 6 heteroatoms. The molecule has 0 spiro atoms. The van der Waals surface area contributed by atoms with Gasteiger partial charge in [0.2, 0.25) is 0 Å². The molecule has 1 aliphatic rings. The summed E-state index contributed by atoms with van der Waals surface area (Å²) < 4.78 is 11.0. The summed E-state index contributed by atoms with van der Waals surface area (Å²) in [6, 6.07) is 10.7. The van der Waals surface area contributed by atoms with Crippen molar-refractivity contribution in [2.24, 2.45) is 4.99 Å². The van der Waals surface area contributed by atoms with Crippen molar-refractivity contribution in [1.82, 2.24) is 15.5 Å². The Balaban J connectivity index is 1.39. The van der Waals surface area contributed by atoms with E-state index in [0.717, 1.165) is 74.7 Å². The number of hydrogen-bond acceptors (Lipinski definition) is 4. The smallest absolute Gasteiger partial charge is 0.191 e. The van der Waals surface area contributed by atoms with Crippen LogP contribution in [0.1, 0.15) is 18.6 Å². The van der Waals surface area contributed by atoms with Crippen LogP contribution in [0.4, 0.5) is 0 Å². The lowest BCUT2D eigenvalue weighted by molar-refractivity contribution is 0.128. The van der Waals surface area contributed by atoms with Gasteiger partial charge in [-0.1, -0.05) is 18.2 Å². The van der Waals surface area contributed by atoms with Gasteiger partial charge in [0.05, 0.1) is 6.61 Å². The molecule has 2 N–H and O–H groups in total. The van der Waals surface area contributed by atoms with Crippen LogP contribution in [0, 0.1) is 0 Å². The van der Waals surface area contributed by atoms with Gasteiger partial charge in [-0.15, -0.1) is 0 Å². The zero-order chi connectivity index (χ0) is 18.2. The fraction of sp³-hybridized carbons (Fsp3) is 0.550. The molecular weight excluding hydrogens is 328 g/mol. The fourth-order valence-electron chi connectivity index (χ4n) is 3.37. The molecule has 26 heavy (non-hydrogen) atoms. The molecule has 1 aromatic heterocycles. The third kappa shape index (κ3) is 5.22. The first kappa shape index (κ1) is 18.7. The van der Waals surface area contributed by atoms with Gasteiger partial charge in [-0.2, -0.15) is 0 Å². The molecule has 0 bridgehead atoms. The molecule has 0 radical (unpaired) electrons. The normalized spacial score (nSPS) is 16.9. The molecule has 0 atom stereocenters. The minimum Gasteiger partial charge on any atom is -0.461 e. The molecule has 1 saturated heterocycles. The summed E-state index contributed by atoms with van der Waals surface area (Å²) in [7, 11) is 3.58. The number of aliphatic imine (C=N–C) groups is 1. The number of methoxy groups -OCH3 is 1. The van der Waals surface area contributed by atoms with E-state index in [1.54, 1.807) is 7.11 Å². The molecule has 1 aliphatic heterocycles. The lowest BCUT2D eigenvalue weighted by Gasteiger charge is -2.32. The number of fused-ring (bicyclic) bond motifs is 1. The van der Waals surface area contributed by atoms with Gasteiger partial charge in [0.1, 0.15) is 11.3 Å². The van der Waals surface area contributed by atoms with Crippen molar-refractivity contribution in [3.63, 3.8) is 0 Å². The van der Waals surface area contributed by atoms with E-state index in [1.807, 2.05) is 25.2 Å². The summed E-state index contributed by atoms with van der Waals surface area (Å²) in [4.78, 5) is 6.81. The molecule has 0 saturated carbocycles. The second-order valence-electron chi connectivity index (χ2n) is 6.75. The number of guanidine groups is 1. The average Bonchev–Trinajstić information content (AvgIpc) is 3.09. The van der Waals surface area contributed by atoms with Gasteiger partial charge in [-0.25, -0.2) is 0 Å². The summed E-state index contributed by atoms with van der Waals surface area (Å²) >= 11 is 0. The molecule has 142 valence electrons. The van der Waals surface area contributed by atoms with Crippen molar-refractivity contribution < 1.29 is 9.15 Å². The predicted molar refractivity (Wildman–Crippen MR) is 106 cm³/mol. The minimum absolute atomic E-state index is 0.478. The van der Waals surface area contributed by atoms with Crippen molar-refractivity contribution >= 4 is 16.9 Å². The SMILES string of the molecule is CN=C(NCCc1cc2ccccc2o1)NC1CCN(CCOC)CC1. The van der Waals surface area contributed by atoms with Crippen LogP contribution in [0.2, 0.25) is 0 Å². The predicted octanol–water partition coefficient (Wildman–Crippen LogP) is 2.25. The van der Waals surface area contributed by atoms with Gasteiger partial charge in [0.25, 0.3) is 0 Å². The van der Waals surface area contributed by atoms with Crippen LogP contribution < -0.4 is 10.6 Å². The molecule has 0 aliphatic carbocycles. The van der Waals surface area contributed by atoms with E-state index < -0.39 is 0 Å². The van der Waals surface area contributed by atoms with Crippen molar-refractivity contribution in [3.8, 4) is 0 Å². The standard InChI is InChI=1S/C20H30N4O2/c1-21-20(23-17-8-11-24(12-9-17)13-14-25-2)22-10-7-18-15-16-5-3-4-6-19(16)26-18/h3-6,15,17H,7-14H2,1-2H3,(H2,21,22,23). The average molecular weight is 358 g/mol. The Hall–Kier alpha value is -2.05. The van der Waals surface area contributed by atoms with Crippen LogP contribution in [0.15, 0.2) is 39.7 Å². The molecule has 1 aromatic carbocycles. The van der Waals surface area contributed by atoms with Crippen molar-refractivity contribution in [2.75, 3.05) is 46.9 Å². The van der Waals surface area contributed by atoms with E-state index in [1.165, 1.54) is 0 Å². The number of likely N-dealkylation sites (tertiary alicyclic amines) is 1. The van der Waals surface area contributed by atoms with Crippen molar-refractivity contribution in [2.45, 2.75) is 25.3 Å². The number of ether oxygens (including phenoxy) is 1. The molecule has 0 amide bonds. The Labute approximate surface area is 155 Å². The maximum absolute atomic E-state index is 5.86. The lowest BCUT2D eigenvalue weighted by atomic mass is 10.1. The first-order chi connectivity index (χ1) is 12.8. The first-order valence-electron chi connectivity index (χ1n) is 9.44. The Kier molecular flexibility index (Phi) is 6.91. The van der Waals surface area contributed by atoms with Gasteiger partial charge in [0, 0.05) is 58.2 Å². The maximum Gasteiger partial charge on any atom is 0.191 e. The summed E-state index contributed by atoms with van der Waals surface area (Å²) in [5.41, 5.74) is 0.949. The summed E-state index contributed by atoms with van der Waals surface area (Å²) in [6.07, 6.45) is 3.10. The molecular formula is C20H30N4O2. The Morgan fingerprint density at radius 2 is 2.12 bits per heavy atom. The largest absolute Gasteiger partial charge is 0.461 e. The number of para-hydroxylation sites is 1. The highest BCUT2D eigenvalue weighted by Crippen LogP contribution is 2.18. The zero-order valence-corrected chi connectivity index (χ0v) is 15.8. The van der Waals surface area contributed by atoms with Gasteiger partial charge < -0.3 is 24.7 Å². The number of nitrogens with zero attached hydrogens (tertiary/aromatic N) is 2. The van der Waals surface area contributed by atoms with Crippen LogP contribution in [0.3, 0.4) is 0 Å². The number of benzene rings is 1. The van der Waals surface area contributed by atoms with Crippen LogP contribution in [-0.4, -0.2) is 63.8 Å². The monoisotopic (exact) mass is 358 g/mol. The molecule has 0 unspecified atom stereocenters. The second-order valence-corrected chi connectivity index (χ2v) is 6.75. The highest BCUT2D eigenvalue weighted by atomic mass is 16.5. The summed E-state index contributed by atoms with van der Waals surface area (Å²) in [6.45, 7) is 4.84. The molecule has 2 heterocycles. The van der Waals surface area contributed by atoms with Gasteiger partial charge in [0.15, 0.2) is 5.96 Å². The van der Waals surface area contributed by atoms with Gasteiger partial charge in [-0.05, 0) is 25.0 Å². The van der Waals surface area contributed by atoms with Crippen molar-refractivity contribution in [1.29, 1.82) is 0 Å². The maximum atomic E-state index is 5.86. The fourth-order valence-corrected chi connectivity index (χ4v) is 3.37. The Morgan fingerprint density at radius 1 is 1.31 bits per heavy atom. The van der Waals surface area contributed by atoms with E-state index in [0.29, 0.717) is 6.04 Å². The number of rotatable bonds is 7. The second kappa shape index (κ2) is 9.59. The van der Waals surface area contributed by atoms with E-state index in [4.69, 9.17) is 9.15 Å². The topological polar surface area (TPSA) is 62.0 Å². The number of hydrogen-bond donors (Lipinski definition) is 2. The first-order valence-corrected chi connectivity index (χ1v) is 9.44. The molecule has 2 aromatic rings. The van der Waals surface area contributed by atoms with E-state index in [2.05, 4.69) is 32.7 Å². The third-order valence-electron chi connectivity index (χ3n) is 4.90. The lowest BCUT2D eigenvalue weighted by Crippen LogP contribution is -2.49. The van der Waals surface area contributed by atoms with Crippen LogP contribution in [-0.2, 0) is 11.2 Å². The quantitative estimate of drug-likeness (QED) is 0.587. The highest BCUT2D eigenvalue weighted by Gasteiger charge is 2.19. The molecule has 1 fully saturated rings. The Bertz CT molecular complexity index is 672. The highest BCUT2D eigenvalue weighted by molar-refractivity contribution is 5.80. The minimum atomic E-state index is 0.478. The van der Waals surface area contributed by atoms with Gasteiger partial charge >= 0.3 is 0 Å². The van der Waals surface area contributed by atoms with Crippen LogP contribution in [0.5, 0.6) is 0 Å². The Morgan fingerprint density at radius 3 is 2.85 bits per heavy atom. The number of nitrogens with one attached hydrogen (secondary N) is 2. The molecule has 3 rings (SSSR count). The van der Waals surface area contributed by atoms with E-state index >= 15 is 0 Å². The summed E-state index contributed by atoms with van der Waals surface area (Å²) in [5.74, 6) is 1.87. The van der Waals surface area contributed by atoms with Gasteiger partial charge in [-0.3, -0.25) is 4.99 Å². The van der Waals surface area contributed by atoms with E-state index in [-0.39, 0.29) is 0 Å². The van der Waals surface area contributed by atoms with Crippen LogP contribution in [0.25, 0.3) is 11.0 Å². The third-order valence-corrected chi connectivity index (χ3v) is 4.90. The number of piperidine rings is 1. The van der Waals surface area contributed by atoms with Crippen molar-refractivity contribution in [3.05, 3.63) is 36.1 Å².